The molecule has 1 aromatic carbocycles. The lowest BCUT2D eigenvalue weighted by atomic mass is 9.91. The van der Waals surface area contributed by atoms with Crippen LogP contribution in [0.25, 0.3) is 10.8 Å². The Morgan fingerprint density at radius 2 is 2.05 bits per heavy atom. The molecule has 0 radical (unpaired) electrons. The predicted octanol–water partition coefficient (Wildman–Crippen LogP) is 4.12. The molecule has 2 heteroatoms. The summed E-state index contributed by atoms with van der Waals surface area (Å²) < 4.78 is 0. The van der Waals surface area contributed by atoms with Crippen LogP contribution in [0.3, 0.4) is 0 Å². The first-order chi connectivity index (χ1) is 9.22. The second-order valence-electron chi connectivity index (χ2n) is 5.44. The van der Waals surface area contributed by atoms with Crippen LogP contribution < -0.4 is 5.32 Å². The predicted molar refractivity (Wildman–Crippen MR) is 82.5 cm³/mol. The molecule has 2 unspecified atom stereocenters. The van der Waals surface area contributed by atoms with Crippen LogP contribution in [0.15, 0.2) is 36.7 Å². The summed E-state index contributed by atoms with van der Waals surface area (Å²) >= 11 is 0. The quantitative estimate of drug-likeness (QED) is 0.841. The molecule has 0 spiro atoms. The molecule has 19 heavy (non-hydrogen) atoms. The first-order valence-electron chi connectivity index (χ1n) is 7.28. The van der Waals surface area contributed by atoms with Crippen molar-refractivity contribution in [2.24, 2.45) is 0 Å². The average molecular weight is 256 g/mol. The van der Waals surface area contributed by atoms with E-state index in [1.165, 1.54) is 29.2 Å². The van der Waals surface area contributed by atoms with Crippen molar-refractivity contribution in [2.75, 3.05) is 6.54 Å². The van der Waals surface area contributed by atoms with Gasteiger partial charge >= 0.3 is 0 Å². The van der Waals surface area contributed by atoms with Crippen LogP contribution in [-0.2, 0) is 0 Å². The summed E-state index contributed by atoms with van der Waals surface area (Å²) in [4.78, 5) is 4.20. The van der Waals surface area contributed by atoms with Gasteiger partial charge in [0.15, 0.2) is 0 Å². The number of rotatable bonds is 6. The minimum Gasteiger partial charge on any atom is -0.314 e. The Morgan fingerprint density at radius 3 is 2.84 bits per heavy atom. The summed E-state index contributed by atoms with van der Waals surface area (Å²) in [5.41, 5.74) is 1.44. The van der Waals surface area contributed by atoms with Crippen LogP contribution >= 0.6 is 0 Å². The van der Waals surface area contributed by atoms with Gasteiger partial charge in [-0.1, -0.05) is 32.0 Å². The van der Waals surface area contributed by atoms with Crippen LogP contribution in [0.4, 0.5) is 0 Å². The molecule has 0 fully saturated rings. The molecule has 2 aromatic rings. The van der Waals surface area contributed by atoms with Gasteiger partial charge in [-0.25, -0.2) is 0 Å². The van der Waals surface area contributed by atoms with Crippen LogP contribution in [0.2, 0.25) is 0 Å². The fourth-order valence-corrected chi connectivity index (χ4v) is 2.71. The van der Waals surface area contributed by atoms with E-state index in [-0.39, 0.29) is 0 Å². The van der Waals surface area contributed by atoms with Gasteiger partial charge < -0.3 is 5.32 Å². The zero-order chi connectivity index (χ0) is 13.7. The van der Waals surface area contributed by atoms with E-state index in [2.05, 4.69) is 55.3 Å². The maximum atomic E-state index is 4.20. The largest absolute Gasteiger partial charge is 0.314 e. The summed E-state index contributed by atoms with van der Waals surface area (Å²) in [5.74, 6) is 0.561. The molecule has 0 saturated heterocycles. The van der Waals surface area contributed by atoms with E-state index in [0.717, 1.165) is 6.54 Å². The van der Waals surface area contributed by atoms with Gasteiger partial charge in [-0.3, -0.25) is 4.98 Å². The summed E-state index contributed by atoms with van der Waals surface area (Å²) in [6.07, 6.45) is 6.20. The maximum absolute atomic E-state index is 4.20. The summed E-state index contributed by atoms with van der Waals surface area (Å²) in [6, 6.07) is 9.22. The Balaban J connectivity index is 2.15. The first-order valence-corrected chi connectivity index (χ1v) is 7.28. The number of nitrogens with one attached hydrogen (secondary N) is 1. The molecular formula is C17H24N2. The summed E-state index contributed by atoms with van der Waals surface area (Å²) in [6.45, 7) is 7.91. The zero-order valence-electron chi connectivity index (χ0n) is 12.2. The van der Waals surface area contributed by atoms with Crippen molar-refractivity contribution >= 4 is 10.8 Å². The zero-order valence-corrected chi connectivity index (χ0v) is 12.2. The van der Waals surface area contributed by atoms with Crippen molar-refractivity contribution in [3.63, 3.8) is 0 Å². The number of nitrogens with zero attached hydrogens (tertiary/aromatic N) is 1. The summed E-state index contributed by atoms with van der Waals surface area (Å²) in [5, 5.41) is 6.15. The highest BCUT2D eigenvalue weighted by molar-refractivity contribution is 5.85. The highest BCUT2D eigenvalue weighted by Gasteiger charge is 2.12. The molecule has 1 N–H and O–H groups in total. The number of benzene rings is 1. The smallest absolute Gasteiger partial charge is 0.0346 e. The number of pyridine rings is 1. The molecule has 0 aliphatic rings. The number of fused-ring (bicyclic) bond motifs is 1. The second-order valence-corrected chi connectivity index (χ2v) is 5.44. The molecule has 1 heterocycles. The fraction of sp³-hybridized carbons (Fsp3) is 0.471. The molecule has 2 rings (SSSR count). The maximum Gasteiger partial charge on any atom is 0.0346 e. The van der Waals surface area contributed by atoms with Crippen molar-refractivity contribution in [1.82, 2.24) is 10.3 Å². The third kappa shape index (κ3) is 3.54. The second kappa shape index (κ2) is 6.67. The lowest BCUT2D eigenvalue weighted by molar-refractivity contribution is 0.480. The average Bonchev–Trinajstić information content (AvgIpc) is 2.44. The van der Waals surface area contributed by atoms with Crippen molar-refractivity contribution in [1.29, 1.82) is 0 Å². The van der Waals surface area contributed by atoms with Crippen molar-refractivity contribution < 1.29 is 0 Å². The van der Waals surface area contributed by atoms with E-state index < -0.39 is 0 Å². The molecule has 0 amide bonds. The van der Waals surface area contributed by atoms with Crippen molar-refractivity contribution in [3.8, 4) is 0 Å². The normalized spacial score (nSPS) is 14.5. The molecule has 0 bridgehead atoms. The third-order valence-corrected chi connectivity index (χ3v) is 3.70. The third-order valence-electron chi connectivity index (χ3n) is 3.70. The van der Waals surface area contributed by atoms with Gasteiger partial charge in [0.25, 0.3) is 0 Å². The lowest BCUT2D eigenvalue weighted by Gasteiger charge is -2.20. The molecule has 0 aliphatic heterocycles. The summed E-state index contributed by atoms with van der Waals surface area (Å²) in [7, 11) is 0. The number of hydrogen-bond donors (Lipinski definition) is 1. The van der Waals surface area contributed by atoms with Gasteiger partial charge in [-0.2, -0.15) is 0 Å². The van der Waals surface area contributed by atoms with Gasteiger partial charge in [0.2, 0.25) is 0 Å². The van der Waals surface area contributed by atoms with Crippen LogP contribution in [-0.4, -0.2) is 17.6 Å². The van der Waals surface area contributed by atoms with Crippen LogP contribution in [0.5, 0.6) is 0 Å². The van der Waals surface area contributed by atoms with Gasteiger partial charge in [-0.15, -0.1) is 0 Å². The Kier molecular flexibility index (Phi) is 4.92. The lowest BCUT2D eigenvalue weighted by Crippen LogP contribution is -2.28. The number of hydrogen-bond acceptors (Lipinski definition) is 2. The highest BCUT2D eigenvalue weighted by Crippen LogP contribution is 2.27. The van der Waals surface area contributed by atoms with E-state index >= 15 is 0 Å². The van der Waals surface area contributed by atoms with Gasteiger partial charge in [0.05, 0.1) is 0 Å². The monoisotopic (exact) mass is 256 g/mol. The Morgan fingerprint density at radius 1 is 1.21 bits per heavy atom. The molecule has 102 valence electrons. The molecule has 2 atom stereocenters. The van der Waals surface area contributed by atoms with E-state index in [1.807, 2.05) is 12.4 Å². The van der Waals surface area contributed by atoms with Crippen LogP contribution in [0.1, 0.15) is 45.1 Å². The minimum atomic E-state index is 0.561. The van der Waals surface area contributed by atoms with Gasteiger partial charge in [0, 0.05) is 23.8 Å². The van der Waals surface area contributed by atoms with Gasteiger partial charge in [0.1, 0.15) is 0 Å². The number of aromatic nitrogens is 1. The standard InChI is InChI=1S/C17H24N2/c1-4-9-19-14(3)11-13(2)16-7-5-6-15-12-18-10-8-17(15)16/h5-8,10,12-14,19H,4,9,11H2,1-3H3. The van der Waals surface area contributed by atoms with E-state index in [1.54, 1.807) is 0 Å². The minimum absolute atomic E-state index is 0.561. The Bertz CT molecular complexity index is 516. The molecule has 2 nitrogen and oxygen atoms in total. The van der Waals surface area contributed by atoms with E-state index in [9.17, 15) is 0 Å². The topological polar surface area (TPSA) is 24.9 Å². The van der Waals surface area contributed by atoms with Crippen molar-refractivity contribution in [3.05, 3.63) is 42.2 Å². The van der Waals surface area contributed by atoms with Gasteiger partial charge in [-0.05, 0) is 49.2 Å². The van der Waals surface area contributed by atoms with Crippen LogP contribution in [0, 0.1) is 0 Å². The van der Waals surface area contributed by atoms with E-state index in [0.29, 0.717) is 12.0 Å². The molecular weight excluding hydrogens is 232 g/mol. The first kappa shape index (κ1) is 14.0. The molecule has 1 aromatic heterocycles. The van der Waals surface area contributed by atoms with E-state index in [4.69, 9.17) is 0 Å². The SMILES string of the molecule is CCCNC(C)CC(C)c1cccc2cnccc12. The Labute approximate surface area is 116 Å². The highest BCUT2D eigenvalue weighted by atomic mass is 14.9. The molecule has 0 saturated carbocycles. The fourth-order valence-electron chi connectivity index (χ4n) is 2.71. The molecule has 0 aliphatic carbocycles. The Hall–Kier alpha value is -1.41. The van der Waals surface area contributed by atoms with Crippen molar-refractivity contribution in [2.45, 2.75) is 45.6 Å².